The molecule has 2 aromatic carbocycles. The smallest absolute Gasteiger partial charge is 0.269 e. The number of amides is 2. The van der Waals surface area contributed by atoms with Gasteiger partial charge in [-0.1, -0.05) is 12.1 Å². The number of benzene rings is 2. The van der Waals surface area contributed by atoms with Gasteiger partial charge in [0.2, 0.25) is 5.91 Å². The predicted molar refractivity (Wildman–Crippen MR) is 106 cm³/mol. The number of hydrogen-bond donors (Lipinski definition) is 2. The van der Waals surface area contributed by atoms with Gasteiger partial charge >= 0.3 is 0 Å². The molecule has 0 aromatic heterocycles. The molecule has 7 nitrogen and oxygen atoms in total. The molecule has 0 spiro atoms. The van der Waals surface area contributed by atoms with Crippen LogP contribution in [0.4, 0.5) is 0 Å². The SMILES string of the molecule is CCOc1ccc(C(=O)NNC(=O)CCCOc2cccc(C)c2)cc1OC. The number of carbonyl (C=O) groups is 2. The second-order valence-corrected chi connectivity index (χ2v) is 6.07. The fourth-order valence-corrected chi connectivity index (χ4v) is 2.47. The summed E-state index contributed by atoms with van der Waals surface area (Å²) < 4.78 is 16.2. The molecule has 0 saturated heterocycles. The average molecular weight is 386 g/mol. The van der Waals surface area contributed by atoms with Gasteiger partial charge in [0.15, 0.2) is 11.5 Å². The summed E-state index contributed by atoms with van der Waals surface area (Å²) in [4.78, 5) is 24.1. The Kier molecular flexibility index (Phi) is 8.14. The Morgan fingerprint density at radius 3 is 2.54 bits per heavy atom. The normalized spacial score (nSPS) is 10.1. The van der Waals surface area contributed by atoms with Gasteiger partial charge in [-0.15, -0.1) is 0 Å². The van der Waals surface area contributed by atoms with Gasteiger partial charge in [0.1, 0.15) is 5.75 Å². The molecule has 0 aliphatic rings. The number of rotatable bonds is 9. The van der Waals surface area contributed by atoms with E-state index >= 15 is 0 Å². The Morgan fingerprint density at radius 1 is 1.00 bits per heavy atom. The molecule has 2 amide bonds. The number of methoxy groups -OCH3 is 1. The van der Waals surface area contributed by atoms with Crippen LogP contribution in [-0.2, 0) is 4.79 Å². The number of ether oxygens (including phenoxy) is 3. The Morgan fingerprint density at radius 2 is 1.82 bits per heavy atom. The van der Waals surface area contributed by atoms with E-state index in [-0.39, 0.29) is 12.3 Å². The van der Waals surface area contributed by atoms with Crippen molar-refractivity contribution in [3.05, 3.63) is 53.6 Å². The largest absolute Gasteiger partial charge is 0.494 e. The number of carbonyl (C=O) groups excluding carboxylic acids is 2. The van der Waals surface area contributed by atoms with Gasteiger partial charge in [-0.3, -0.25) is 20.4 Å². The van der Waals surface area contributed by atoms with Crippen molar-refractivity contribution in [2.75, 3.05) is 20.3 Å². The molecular weight excluding hydrogens is 360 g/mol. The minimum atomic E-state index is -0.439. The van der Waals surface area contributed by atoms with Crippen LogP contribution >= 0.6 is 0 Å². The van der Waals surface area contributed by atoms with Crippen molar-refractivity contribution in [3.63, 3.8) is 0 Å². The molecule has 2 rings (SSSR count). The first-order valence-corrected chi connectivity index (χ1v) is 9.13. The Labute approximate surface area is 165 Å². The third-order valence-electron chi connectivity index (χ3n) is 3.85. The lowest BCUT2D eigenvalue weighted by Crippen LogP contribution is -2.41. The summed E-state index contributed by atoms with van der Waals surface area (Å²) in [6, 6.07) is 12.5. The highest BCUT2D eigenvalue weighted by atomic mass is 16.5. The highest BCUT2D eigenvalue weighted by Gasteiger charge is 2.12. The van der Waals surface area contributed by atoms with Crippen molar-refractivity contribution in [1.29, 1.82) is 0 Å². The van der Waals surface area contributed by atoms with Crippen LogP contribution in [0.1, 0.15) is 35.7 Å². The minimum absolute atomic E-state index is 0.235. The van der Waals surface area contributed by atoms with Gasteiger partial charge in [0, 0.05) is 12.0 Å². The van der Waals surface area contributed by atoms with Crippen LogP contribution < -0.4 is 25.1 Å². The molecule has 0 fully saturated rings. The maximum Gasteiger partial charge on any atom is 0.269 e. The molecule has 0 atom stereocenters. The molecule has 7 heteroatoms. The highest BCUT2D eigenvalue weighted by Crippen LogP contribution is 2.27. The van der Waals surface area contributed by atoms with Crippen molar-refractivity contribution in [1.82, 2.24) is 10.9 Å². The van der Waals surface area contributed by atoms with Gasteiger partial charge in [0.25, 0.3) is 5.91 Å². The number of hydrogen-bond acceptors (Lipinski definition) is 5. The molecule has 0 aliphatic carbocycles. The molecule has 150 valence electrons. The van der Waals surface area contributed by atoms with E-state index in [1.807, 2.05) is 38.1 Å². The third-order valence-corrected chi connectivity index (χ3v) is 3.85. The summed E-state index contributed by atoms with van der Waals surface area (Å²) in [5.74, 6) is 1.05. The van der Waals surface area contributed by atoms with Gasteiger partial charge in [-0.2, -0.15) is 0 Å². The van der Waals surface area contributed by atoms with E-state index in [2.05, 4.69) is 10.9 Å². The van der Waals surface area contributed by atoms with Crippen molar-refractivity contribution in [3.8, 4) is 17.2 Å². The molecule has 2 N–H and O–H groups in total. The van der Waals surface area contributed by atoms with E-state index in [0.717, 1.165) is 11.3 Å². The Bertz CT molecular complexity index is 807. The monoisotopic (exact) mass is 386 g/mol. The molecule has 0 bridgehead atoms. The highest BCUT2D eigenvalue weighted by molar-refractivity contribution is 5.96. The van der Waals surface area contributed by atoms with E-state index in [9.17, 15) is 9.59 Å². The van der Waals surface area contributed by atoms with Crippen LogP contribution in [-0.4, -0.2) is 32.1 Å². The second kappa shape index (κ2) is 10.8. The molecule has 0 saturated carbocycles. The summed E-state index contributed by atoms with van der Waals surface area (Å²) in [6.45, 7) is 4.76. The lowest BCUT2D eigenvalue weighted by molar-refractivity contribution is -0.122. The fraction of sp³-hybridized carbons (Fsp3) is 0.333. The topological polar surface area (TPSA) is 85.9 Å². The minimum Gasteiger partial charge on any atom is -0.494 e. The van der Waals surface area contributed by atoms with Crippen LogP contribution in [0.2, 0.25) is 0 Å². The van der Waals surface area contributed by atoms with Crippen LogP contribution in [0.5, 0.6) is 17.2 Å². The van der Waals surface area contributed by atoms with Crippen LogP contribution in [0.3, 0.4) is 0 Å². The molecular formula is C21H26N2O5. The van der Waals surface area contributed by atoms with E-state index in [1.165, 1.54) is 7.11 Å². The predicted octanol–water partition coefficient (Wildman–Crippen LogP) is 3.02. The maximum absolute atomic E-state index is 12.2. The molecule has 28 heavy (non-hydrogen) atoms. The van der Waals surface area contributed by atoms with E-state index in [4.69, 9.17) is 14.2 Å². The maximum atomic E-state index is 12.2. The first kappa shape index (κ1) is 21.1. The number of nitrogens with one attached hydrogen (secondary N) is 2. The van der Waals surface area contributed by atoms with Crippen molar-refractivity contribution >= 4 is 11.8 Å². The summed E-state index contributed by atoms with van der Waals surface area (Å²) in [6.07, 6.45) is 0.769. The lowest BCUT2D eigenvalue weighted by atomic mass is 10.2. The summed E-state index contributed by atoms with van der Waals surface area (Å²) in [5, 5.41) is 0. The lowest BCUT2D eigenvalue weighted by Gasteiger charge is -2.12. The quantitative estimate of drug-likeness (QED) is 0.511. The van der Waals surface area contributed by atoms with Crippen LogP contribution in [0.15, 0.2) is 42.5 Å². The van der Waals surface area contributed by atoms with E-state index in [0.29, 0.717) is 36.7 Å². The fourth-order valence-electron chi connectivity index (χ4n) is 2.47. The molecule has 0 heterocycles. The molecule has 0 aliphatic heterocycles. The first-order chi connectivity index (χ1) is 13.5. The van der Waals surface area contributed by atoms with Gasteiger partial charge in [-0.25, -0.2) is 0 Å². The summed E-state index contributed by atoms with van der Waals surface area (Å²) in [5.41, 5.74) is 6.26. The number of hydrazine groups is 1. The first-order valence-electron chi connectivity index (χ1n) is 9.13. The van der Waals surface area contributed by atoms with Crippen molar-refractivity contribution in [2.24, 2.45) is 0 Å². The summed E-state index contributed by atoms with van der Waals surface area (Å²) >= 11 is 0. The zero-order chi connectivity index (χ0) is 20.4. The zero-order valence-electron chi connectivity index (χ0n) is 16.4. The molecule has 0 radical (unpaired) electrons. The van der Waals surface area contributed by atoms with Crippen molar-refractivity contribution < 1.29 is 23.8 Å². The zero-order valence-corrected chi connectivity index (χ0v) is 16.4. The van der Waals surface area contributed by atoms with Gasteiger partial charge in [-0.05, 0) is 56.2 Å². The third kappa shape index (κ3) is 6.50. The molecule has 2 aromatic rings. The number of aryl methyl sites for hydroxylation is 1. The van der Waals surface area contributed by atoms with E-state index < -0.39 is 5.91 Å². The Hall–Kier alpha value is -3.22. The Balaban J connectivity index is 1.73. The second-order valence-electron chi connectivity index (χ2n) is 6.07. The molecule has 0 unspecified atom stereocenters. The standard InChI is InChI=1S/C21H26N2O5/c1-4-27-18-11-10-16(14-19(18)26-3)21(25)23-22-20(24)9-6-12-28-17-8-5-7-15(2)13-17/h5,7-8,10-11,13-14H,4,6,9,12H2,1-3H3,(H,22,24)(H,23,25). The van der Waals surface area contributed by atoms with Gasteiger partial charge < -0.3 is 14.2 Å². The van der Waals surface area contributed by atoms with Crippen molar-refractivity contribution in [2.45, 2.75) is 26.7 Å². The van der Waals surface area contributed by atoms with Gasteiger partial charge in [0.05, 0.1) is 20.3 Å². The summed E-state index contributed by atoms with van der Waals surface area (Å²) in [7, 11) is 1.50. The van der Waals surface area contributed by atoms with E-state index in [1.54, 1.807) is 18.2 Å². The van der Waals surface area contributed by atoms with Crippen LogP contribution in [0, 0.1) is 6.92 Å². The average Bonchev–Trinajstić information content (AvgIpc) is 2.70. The van der Waals surface area contributed by atoms with Crippen LogP contribution in [0.25, 0.3) is 0 Å².